The molecule has 1 atom stereocenters. The summed E-state index contributed by atoms with van der Waals surface area (Å²) in [5.74, 6) is -0.221. The zero-order chi connectivity index (χ0) is 16.1. The van der Waals surface area contributed by atoms with E-state index in [0.29, 0.717) is 37.2 Å². The maximum atomic E-state index is 13.4. The molecule has 2 aliphatic heterocycles. The van der Waals surface area contributed by atoms with Crippen molar-refractivity contribution < 1.29 is 18.0 Å². The van der Waals surface area contributed by atoms with Gasteiger partial charge in [-0.05, 0) is 29.5 Å². The first-order chi connectivity index (χ1) is 10.3. The van der Waals surface area contributed by atoms with Gasteiger partial charge in [0.15, 0.2) is 0 Å². The summed E-state index contributed by atoms with van der Waals surface area (Å²) < 4.78 is 40.3. The third-order valence-electron chi connectivity index (χ3n) is 4.26. The van der Waals surface area contributed by atoms with Crippen LogP contribution in [-0.4, -0.2) is 30.4 Å². The van der Waals surface area contributed by atoms with Gasteiger partial charge in [0.25, 0.3) is 5.91 Å². The standard InChI is InChI=1S/C16H19F3N2O/c1-9(2)5-10-6-11-13-8-20-3-4-21(13)15(22)14(11)12(7-10)16(17,18)19/h6-7,9,13,20H,3-5,8H2,1-2H3. The molecule has 3 nitrogen and oxygen atoms in total. The minimum Gasteiger partial charge on any atom is -0.329 e. The molecule has 22 heavy (non-hydrogen) atoms. The summed E-state index contributed by atoms with van der Waals surface area (Å²) >= 11 is 0. The van der Waals surface area contributed by atoms with Crippen molar-refractivity contribution in [3.05, 3.63) is 34.4 Å². The summed E-state index contributed by atoms with van der Waals surface area (Å²) in [6.45, 7) is 5.53. The maximum absolute atomic E-state index is 13.4. The minimum atomic E-state index is -4.51. The summed E-state index contributed by atoms with van der Waals surface area (Å²) in [6.07, 6.45) is -3.93. The predicted molar refractivity (Wildman–Crippen MR) is 76.6 cm³/mol. The van der Waals surface area contributed by atoms with Crippen molar-refractivity contribution in [2.24, 2.45) is 5.92 Å². The zero-order valence-corrected chi connectivity index (χ0v) is 12.6. The smallest absolute Gasteiger partial charge is 0.329 e. The molecule has 0 aliphatic carbocycles. The lowest BCUT2D eigenvalue weighted by atomic mass is 9.92. The molecule has 0 spiro atoms. The molecule has 1 N–H and O–H groups in total. The number of nitrogens with one attached hydrogen (secondary N) is 1. The van der Waals surface area contributed by atoms with Crippen molar-refractivity contribution in [2.75, 3.05) is 19.6 Å². The number of hydrogen-bond acceptors (Lipinski definition) is 2. The van der Waals surface area contributed by atoms with E-state index in [2.05, 4.69) is 5.32 Å². The third kappa shape index (κ3) is 2.49. The van der Waals surface area contributed by atoms with Crippen LogP contribution in [0.4, 0.5) is 13.2 Å². The van der Waals surface area contributed by atoms with E-state index in [1.165, 1.54) is 0 Å². The number of rotatable bonds is 2. The number of alkyl halides is 3. The van der Waals surface area contributed by atoms with Gasteiger partial charge in [-0.3, -0.25) is 4.79 Å². The Bertz CT molecular complexity index is 610. The van der Waals surface area contributed by atoms with Gasteiger partial charge in [0.2, 0.25) is 0 Å². The highest BCUT2D eigenvalue weighted by atomic mass is 19.4. The van der Waals surface area contributed by atoms with E-state index in [0.717, 1.165) is 6.07 Å². The van der Waals surface area contributed by atoms with Crippen molar-refractivity contribution >= 4 is 5.91 Å². The van der Waals surface area contributed by atoms with E-state index in [-0.39, 0.29) is 17.5 Å². The van der Waals surface area contributed by atoms with Gasteiger partial charge in [-0.1, -0.05) is 19.9 Å². The molecule has 1 amide bonds. The highest BCUT2D eigenvalue weighted by molar-refractivity contribution is 6.01. The average Bonchev–Trinajstić information content (AvgIpc) is 2.71. The molecule has 120 valence electrons. The first-order valence-corrected chi connectivity index (χ1v) is 7.54. The lowest BCUT2D eigenvalue weighted by molar-refractivity contribution is -0.138. The van der Waals surface area contributed by atoms with Gasteiger partial charge in [0.1, 0.15) is 0 Å². The topological polar surface area (TPSA) is 32.3 Å². The molecule has 2 aliphatic rings. The second-order valence-electron chi connectivity index (χ2n) is 6.42. The van der Waals surface area contributed by atoms with Gasteiger partial charge in [0.05, 0.1) is 17.2 Å². The van der Waals surface area contributed by atoms with Crippen LogP contribution in [0.15, 0.2) is 12.1 Å². The minimum absolute atomic E-state index is 0.145. The van der Waals surface area contributed by atoms with Crippen LogP contribution >= 0.6 is 0 Å². The maximum Gasteiger partial charge on any atom is 0.417 e. The Hall–Kier alpha value is -1.56. The molecule has 0 radical (unpaired) electrons. The summed E-state index contributed by atoms with van der Waals surface area (Å²) in [6, 6.07) is 2.67. The third-order valence-corrected chi connectivity index (χ3v) is 4.26. The predicted octanol–water partition coefficient (Wildman–Crippen LogP) is 3.00. The first-order valence-electron chi connectivity index (χ1n) is 7.54. The normalized spacial score (nSPS) is 21.3. The Morgan fingerprint density at radius 3 is 2.73 bits per heavy atom. The van der Waals surface area contributed by atoms with E-state index in [9.17, 15) is 18.0 Å². The van der Waals surface area contributed by atoms with E-state index in [4.69, 9.17) is 0 Å². The fourth-order valence-corrected chi connectivity index (χ4v) is 3.41. The van der Waals surface area contributed by atoms with Crippen LogP contribution in [0.5, 0.6) is 0 Å². The van der Waals surface area contributed by atoms with Crippen molar-refractivity contribution in [1.82, 2.24) is 10.2 Å². The lowest BCUT2D eigenvalue weighted by Crippen LogP contribution is -2.44. The van der Waals surface area contributed by atoms with Gasteiger partial charge in [0, 0.05) is 19.6 Å². The molecule has 1 unspecified atom stereocenters. The number of carbonyl (C=O) groups is 1. The van der Waals surface area contributed by atoms with Crippen LogP contribution < -0.4 is 5.32 Å². The Kier molecular flexibility index (Phi) is 3.67. The molecule has 1 fully saturated rings. The molecule has 3 rings (SSSR count). The number of hydrogen-bond donors (Lipinski definition) is 1. The molecule has 1 aromatic rings. The van der Waals surface area contributed by atoms with Gasteiger partial charge >= 0.3 is 6.18 Å². The quantitative estimate of drug-likeness (QED) is 0.910. The Morgan fingerprint density at radius 2 is 2.09 bits per heavy atom. The molecule has 0 saturated carbocycles. The number of piperazine rings is 1. The second-order valence-corrected chi connectivity index (χ2v) is 6.42. The average molecular weight is 312 g/mol. The number of amides is 1. The van der Waals surface area contributed by atoms with Crippen LogP contribution in [-0.2, 0) is 12.6 Å². The summed E-state index contributed by atoms with van der Waals surface area (Å²) in [5, 5.41) is 3.16. The summed E-state index contributed by atoms with van der Waals surface area (Å²) in [4.78, 5) is 14.0. The van der Waals surface area contributed by atoms with Gasteiger partial charge in [-0.2, -0.15) is 13.2 Å². The van der Waals surface area contributed by atoms with E-state index in [1.54, 1.807) is 11.0 Å². The van der Waals surface area contributed by atoms with Crippen LogP contribution in [0.1, 0.15) is 46.9 Å². The Balaban J connectivity index is 2.16. The first kappa shape index (κ1) is 15.3. The molecular weight excluding hydrogens is 293 g/mol. The highest BCUT2D eigenvalue weighted by Gasteiger charge is 2.45. The van der Waals surface area contributed by atoms with Gasteiger partial charge in [-0.15, -0.1) is 0 Å². The largest absolute Gasteiger partial charge is 0.417 e. The van der Waals surface area contributed by atoms with Crippen LogP contribution in [0.2, 0.25) is 0 Å². The van der Waals surface area contributed by atoms with E-state index >= 15 is 0 Å². The molecule has 0 aromatic heterocycles. The Morgan fingerprint density at radius 1 is 1.36 bits per heavy atom. The number of halogens is 3. The Labute approximate surface area is 127 Å². The van der Waals surface area contributed by atoms with Gasteiger partial charge < -0.3 is 10.2 Å². The molecular formula is C16H19F3N2O. The van der Waals surface area contributed by atoms with Crippen molar-refractivity contribution in [3.63, 3.8) is 0 Å². The van der Waals surface area contributed by atoms with Crippen molar-refractivity contribution in [2.45, 2.75) is 32.5 Å². The summed E-state index contributed by atoms with van der Waals surface area (Å²) in [7, 11) is 0. The molecule has 1 saturated heterocycles. The lowest BCUT2D eigenvalue weighted by Gasteiger charge is -2.30. The van der Waals surface area contributed by atoms with E-state index < -0.39 is 17.6 Å². The molecule has 0 bridgehead atoms. The van der Waals surface area contributed by atoms with Crippen LogP contribution in [0, 0.1) is 5.92 Å². The molecule has 6 heteroatoms. The van der Waals surface area contributed by atoms with Crippen LogP contribution in [0.3, 0.4) is 0 Å². The van der Waals surface area contributed by atoms with Crippen molar-refractivity contribution in [3.8, 4) is 0 Å². The monoisotopic (exact) mass is 312 g/mol. The molecule has 1 aromatic carbocycles. The van der Waals surface area contributed by atoms with Crippen molar-refractivity contribution in [1.29, 1.82) is 0 Å². The molecule has 2 heterocycles. The van der Waals surface area contributed by atoms with E-state index in [1.807, 2.05) is 13.8 Å². The van der Waals surface area contributed by atoms with Crippen LogP contribution in [0.25, 0.3) is 0 Å². The summed E-state index contributed by atoms with van der Waals surface area (Å²) in [5.41, 5.74) is 0.262. The number of carbonyl (C=O) groups excluding carboxylic acids is 1. The SMILES string of the molecule is CC(C)Cc1cc2c(c(C(F)(F)F)c1)C(=O)N1CCNCC21. The fraction of sp³-hybridized carbons (Fsp3) is 0.562. The highest BCUT2D eigenvalue weighted by Crippen LogP contribution is 2.43. The zero-order valence-electron chi connectivity index (χ0n) is 12.6. The fourth-order valence-electron chi connectivity index (χ4n) is 3.41. The number of benzene rings is 1. The second kappa shape index (κ2) is 5.26. The number of fused-ring (bicyclic) bond motifs is 3. The number of nitrogens with zero attached hydrogens (tertiary/aromatic N) is 1. The van der Waals surface area contributed by atoms with Gasteiger partial charge in [-0.25, -0.2) is 0 Å².